The Bertz CT molecular complexity index is 336. The summed E-state index contributed by atoms with van der Waals surface area (Å²) in [6, 6.07) is 0. The fourth-order valence-electron chi connectivity index (χ4n) is 2.60. The summed E-state index contributed by atoms with van der Waals surface area (Å²) in [6.45, 7) is 15.4. The molecule has 2 unspecified atom stereocenters. The van der Waals surface area contributed by atoms with Gasteiger partial charge in [-0.05, 0) is 36.0 Å². The van der Waals surface area contributed by atoms with Gasteiger partial charge in [-0.1, -0.05) is 79.7 Å². The molecule has 0 amide bonds. The second kappa shape index (κ2) is 19.4. The summed E-state index contributed by atoms with van der Waals surface area (Å²) in [4.78, 5) is 0. The van der Waals surface area contributed by atoms with Gasteiger partial charge in [0.1, 0.15) is 11.3 Å². The van der Waals surface area contributed by atoms with Crippen molar-refractivity contribution in [2.24, 2.45) is 23.7 Å². The van der Waals surface area contributed by atoms with E-state index in [4.69, 9.17) is 0 Å². The van der Waals surface area contributed by atoms with Gasteiger partial charge in [-0.2, -0.15) is 0 Å². The van der Waals surface area contributed by atoms with Gasteiger partial charge in [0.05, 0.1) is 0 Å². The second-order valence-corrected chi connectivity index (χ2v) is 8.49. The van der Waals surface area contributed by atoms with E-state index < -0.39 is 11.3 Å². The molecule has 0 bridgehead atoms. The van der Waals surface area contributed by atoms with Crippen LogP contribution in [-0.2, 0) is 20.4 Å². The van der Waals surface area contributed by atoms with Crippen LogP contribution in [0.2, 0.25) is 0 Å². The van der Waals surface area contributed by atoms with Gasteiger partial charge in [0.15, 0.2) is 0 Å². The van der Waals surface area contributed by atoms with Crippen LogP contribution in [0.25, 0.3) is 0 Å². The first-order valence-corrected chi connectivity index (χ1v) is 10.7. The third kappa shape index (κ3) is 14.1. The molecule has 0 heterocycles. The summed E-state index contributed by atoms with van der Waals surface area (Å²) in [6.07, 6.45) is 8.82. The fraction of sp³-hybridized carbons (Fsp3) is 0.800. The first kappa shape index (κ1) is 39.0. The maximum absolute atomic E-state index is 14.1. The molecular weight excluding hydrogens is 517 g/mol. The van der Waals surface area contributed by atoms with Crippen molar-refractivity contribution < 1.29 is 54.0 Å². The minimum atomic E-state index is -1.14. The van der Waals surface area contributed by atoms with Gasteiger partial charge in [0, 0.05) is 0 Å². The fourth-order valence-corrected chi connectivity index (χ4v) is 2.87. The molecule has 0 spiro atoms. The van der Waals surface area contributed by atoms with Crippen LogP contribution in [0.3, 0.4) is 0 Å². The Labute approximate surface area is 198 Å². The molecule has 0 aliphatic carbocycles. The zero-order valence-electron chi connectivity index (χ0n) is 18.0. The molecule has 0 saturated heterocycles. The van der Waals surface area contributed by atoms with Gasteiger partial charge in [-0.15, -0.1) is 18.5 Å². The van der Waals surface area contributed by atoms with Crippen LogP contribution in [0.5, 0.6) is 0 Å². The monoisotopic (exact) mass is 556 g/mol. The summed E-state index contributed by atoms with van der Waals surface area (Å²) < 4.78 is 28.3. The Morgan fingerprint density at radius 2 is 0.815 bits per heavy atom. The Morgan fingerprint density at radius 3 is 0.926 bits per heavy atom. The van der Waals surface area contributed by atoms with Crippen LogP contribution in [-0.4, -0.2) is 23.7 Å². The molecule has 0 nitrogen and oxygen atoms in total. The zero-order valence-corrected chi connectivity index (χ0v) is 23.4. The van der Waals surface area contributed by atoms with Gasteiger partial charge < -0.3 is 24.8 Å². The number of allylic oxidation sites excluding steroid dienone is 4. The average molecular weight is 558 g/mol. The molecule has 0 saturated carbocycles. The molecule has 0 aromatic heterocycles. The summed E-state index contributed by atoms with van der Waals surface area (Å²) >= 11 is 0. The van der Waals surface area contributed by atoms with Crippen molar-refractivity contribution in [3.63, 3.8) is 0 Å². The Kier molecular flexibility index (Phi) is 28.0. The molecule has 27 heavy (non-hydrogen) atoms. The predicted molar refractivity (Wildman–Crippen MR) is 114 cm³/mol. The molecule has 0 rings (SSSR count). The molecule has 2 atom stereocenters. The number of alkyl halides is 2. The van der Waals surface area contributed by atoms with Crippen LogP contribution >= 0.6 is 18.5 Å². The molecular formula is C20H40Cl2F2P2Pd. The Morgan fingerprint density at radius 1 is 0.630 bits per heavy atom. The molecule has 168 valence electrons. The largest absolute Gasteiger partial charge is 2.00 e. The standard InChI is InChI=1S/2C10H20FP.2ClH.Pd/c2*1-8(2)10(11,9(3)4)6-5-7-12;;;/h2*5-6,8-9H,7,12H2,1-4H3;2*1H;/q;;;;+2/p-2. The second-order valence-electron chi connectivity index (χ2n) is 7.55. The van der Waals surface area contributed by atoms with Gasteiger partial charge in [0.2, 0.25) is 0 Å². The van der Waals surface area contributed by atoms with Crippen LogP contribution in [0.15, 0.2) is 24.3 Å². The number of rotatable bonds is 8. The maximum Gasteiger partial charge on any atom is 2.00 e. The van der Waals surface area contributed by atoms with E-state index in [0.29, 0.717) is 0 Å². The average Bonchev–Trinajstić information content (AvgIpc) is 2.49. The molecule has 0 radical (unpaired) electrons. The minimum Gasteiger partial charge on any atom is -1.00 e. The quantitative estimate of drug-likeness (QED) is 0.236. The van der Waals surface area contributed by atoms with Crippen molar-refractivity contribution in [1.82, 2.24) is 0 Å². The van der Waals surface area contributed by atoms with E-state index in [0.717, 1.165) is 12.3 Å². The molecule has 0 N–H and O–H groups in total. The number of halogens is 4. The topological polar surface area (TPSA) is 0 Å². The van der Waals surface area contributed by atoms with E-state index >= 15 is 0 Å². The Hall–Kier alpha value is 1.44. The first-order chi connectivity index (χ1) is 10.9. The third-order valence-corrected chi connectivity index (χ3v) is 5.10. The zero-order chi connectivity index (χ0) is 19.6. The SMILES string of the molecule is CC(C)C(F)(C=CCP)C(C)C.CC(C)C(F)(C=CCP)C(C)C.[Cl-].[Cl-].[Pd+2]. The van der Waals surface area contributed by atoms with Crippen molar-refractivity contribution in [1.29, 1.82) is 0 Å². The Balaban J connectivity index is -0.000000108. The smallest absolute Gasteiger partial charge is 1.00 e. The van der Waals surface area contributed by atoms with Crippen molar-refractivity contribution in [2.45, 2.75) is 66.7 Å². The summed E-state index contributed by atoms with van der Waals surface area (Å²) in [5.74, 6) is 0.186. The molecule has 0 aromatic rings. The van der Waals surface area contributed by atoms with E-state index in [1.54, 1.807) is 12.2 Å². The molecule has 0 aliphatic heterocycles. The molecule has 0 fully saturated rings. The van der Waals surface area contributed by atoms with E-state index in [1.165, 1.54) is 0 Å². The van der Waals surface area contributed by atoms with Gasteiger partial charge >= 0.3 is 20.4 Å². The van der Waals surface area contributed by atoms with E-state index in [1.807, 2.05) is 67.5 Å². The molecule has 0 aromatic carbocycles. The minimum absolute atomic E-state index is 0. The third-order valence-electron chi connectivity index (χ3n) is 4.56. The first-order valence-electron chi connectivity index (χ1n) is 9.03. The van der Waals surface area contributed by atoms with Crippen LogP contribution in [0, 0.1) is 23.7 Å². The van der Waals surface area contributed by atoms with Gasteiger partial charge in [-0.25, -0.2) is 8.78 Å². The van der Waals surface area contributed by atoms with E-state index in [-0.39, 0.29) is 68.9 Å². The van der Waals surface area contributed by atoms with E-state index in [9.17, 15) is 8.78 Å². The van der Waals surface area contributed by atoms with Gasteiger partial charge in [0.25, 0.3) is 0 Å². The van der Waals surface area contributed by atoms with Crippen molar-refractivity contribution in [2.75, 3.05) is 12.3 Å². The summed E-state index contributed by atoms with van der Waals surface area (Å²) in [5.41, 5.74) is -2.28. The number of hydrogen-bond donors (Lipinski definition) is 0. The summed E-state index contributed by atoms with van der Waals surface area (Å²) in [7, 11) is 5.14. The van der Waals surface area contributed by atoms with Crippen molar-refractivity contribution in [3.05, 3.63) is 24.3 Å². The normalized spacial score (nSPS) is 12.1. The predicted octanol–water partition coefficient (Wildman–Crippen LogP) is 0.881. The molecule has 7 heteroatoms. The van der Waals surface area contributed by atoms with Crippen LogP contribution in [0.4, 0.5) is 8.78 Å². The number of hydrogen-bond acceptors (Lipinski definition) is 0. The van der Waals surface area contributed by atoms with Crippen molar-refractivity contribution >= 4 is 18.5 Å². The van der Waals surface area contributed by atoms with Crippen LogP contribution in [0.1, 0.15) is 55.4 Å². The van der Waals surface area contributed by atoms with Crippen molar-refractivity contribution in [3.8, 4) is 0 Å². The summed E-state index contributed by atoms with van der Waals surface area (Å²) in [5, 5.41) is 0. The molecule has 0 aliphatic rings. The van der Waals surface area contributed by atoms with Crippen LogP contribution < -0.4 is 24.8 Å². The van der Waals surface area contributed by atoms with Gasteiger partial charge in [-0.3, -0.25) is 0 Å². The maximum atomic E-state index is 14.1. The van der Waals surface area contributed by atoms with E-state index in [2.05, 4.69) is 18.5 Å².